The molecule has 2 aliphatic rings. The Bertz CT molecular complexity index is 1490. The van der Waals surface area contributed by atoms with Crippen molar-refractivity contribution in [3.8, 4) is 11.5 Å². The maximum Gasteiger partial charge on any atom is 2.00 e. The molecule has 0 fully saturated rings. The number of benzene rings is 4. The van der Waals surface area contributed by atoms with Crippen LogP contribution in [0.5, 0.6) is 11.5 Å². The molecule has 0 spiro atoms. The summed E-state index contributed by atoms with van der Waals surface area (Å²) >= 11 is 0. The van der Waals surface area contributed by atoms with E-state index < -0.39 is 0 Å². The van der Waals surface area contributed by atoms with Gasteiger partial charge in [-0.3, -0.25) is 0 Å². The zero-order valence-corrected chi connectivity index (χ0v) is 26.4. The van der Waals surface area contributed by atoms with Crippen molar-refractivity contribution in [1.82, 2.24) is 0 Å². The summed E-state index contributed by atoms with van der Waals surface area (Å²) < 4.78 is 0. The molecule has 0 aromatic heterocycles. The van der Waals surface area contributed by atoms with Gasteiger partial charge in [0.15, 0.2) is 0 Å². The van der Waals surface area contributed by atoms with Crippen molar-refractivity contribution in [1.29, 1.82) is 0 Å². The van der Waals surface area contributed by atoms with E-state index in [0.29, 0.717) is 17.6 Å². The number of nitrogens with one attached hydrogen (secondary N) is 1. The van der Waals surface area contributed by atoms with E-state index in [1.165, 1.54) is 22.5 Å². The molecule has 2 aliphatic heterocycles. The molecule has 0 saturated carbocycles. The van der Waals surface area contributed by atoms with Gasteiger partial charge in [0.1, 0.15) is 11.5 Å². The van der Waals surface area contributed by atoms with Gasteiger partial charge in [-0.1, -0.05) is 76.2 Å². The van der Waals surface area contributed by atoms with Crippen LogP contribution in [0.25, 0.3) is 0 Å². The SMILES string of the molecule is CC(C)c1cccc2c1N(c1ccccc1O)[CH-]N2.CCN1[CH-]N(c2ccccc2O)c2c(C(C)C)cccc21.[Pt+2]. The number of phenolic OH excluding ortho intramolecular Hbond substituents is 2. The van der Waals surface area contributed by atoms with Crippen LogP contribution < -0.4 is 20.0 Å². The third-order valence-electron chi connectivity index (χ3n) is 7.38. The van der Waals surface area contributed by atoms with E-state index in [4.69, 9.17) is 0 Å². The van der Waals surface area contributed by atoms with Crippen molar-refractivity contribution in [3.63, 3.8) is 0 Å². The van der Waals surface area contributed by atoms with Gasteiger partial charge in [-0.25, -0.2) is 0 Å². The number of fused-ring (bicyclic) bond motifs is 2. The average molecular weight is 730 g/mol. The summed E-state index contributed by atoms with van der Waals surface area (Å²) in [5.41, 5.74) is 8.76. The molecule has 6 nitrogen and oxygen atoms in total. The Hall–Kier alpha value is -3.63. The molecule has 0 saturated heterocycles. The molecule has 7 heteroatoms. The third kappa shape index (κ3) is 5.89. The molecule has 216 valence electrons. The first-order chi connectivity index (χ1) is 19.3. The molecule has 6 rings (SSSR count). The van der Waals surface area contributed by atoms with Crippen molar-refractivity contribution in [2.24, 2.45) is 0 Å². The average Bonchev–Trinajstić information content (AvgIpc) is 3.55. The second-order valence-electron chi connectivity index (χ2n) is 10.7. The van der Waals surface area contributed by atoms with Crippen LogP contribution in [-0.2, 0) is 21.1 Å². The van der Waals surface area contributed by atoms with E-state index >= 15 is 0 Å². The van der Waals surface area contributed by atoms with Crippen LogP contribution in [0.2, 0.25) is 0 Å². The summed E-state index contributed by atoms with van der Waals surface area (Å²) in [5.74, 6) is 1.44. The van der Waals surface area contributed by atoms with Gasteiger partial charge in [0.05, 0.1) is 11.4 Å². The molecule has 4 aromatic carbocycles. The van der Waals surface area contributed by atoms with Gasteiger partial charge >= 0.3 is 21.1 Å². The van der Waals surface area contributed by atoms with Crippen molar-refractivity contribution in [2.45, 2.75) is 46.5 Å². The molecule has 0 unspecified atom stereocenters. The summed E-state index contributed by atoms with van der Waals surface area (Å²) in [7, 11) is 0. The molecule has 2 heterocycles. The molecule has 0 bridgehead atoms. The number of nitrogens with zero attached hydrogens (tertiary/aromatic N) is 3. The number of hydrogen-bond donors (Lipinski definition) is 3. The Labute approximate surface area is 258 Å². The van der Waals surface area contributed by atoms with Crippen LogP contribution in [0.3, 0.4) is 0 Å². The fraction of sp³-hybridized carbons (Fsp3) is 0.235. The Kier molecular flexibility index (Phi) is 9.55. The topological polar surface area (TPSA) is 62.2 Å². The molecule has 41 heavy (non-hydrogen) atoms. The smallest absolute Gasteiger partial charge is 0.514 e. The first-order valence-corrected chi connectivity index (χ1v) is 13.9. The van der Waals surface area contributed by atoms with Crippen LogP contribution in [-0.4, -0.2) is 16.8 Å². The van der Waals surface area contributed by atoms with Crippen LogP contribution in [0, 0.1) is 13.3 Å². The number of anilines is 6. The fourth-order valence-corrected chi connectivity index (χ4v) is 5.34. The summed E-state index contributed by atoms with van der Waals surface area (Å²) in [4.78, 5) is 6.33. The van der Waals surface area contributed by atoms with E-state index in [0.717, 1.165) is 29.3 Å². The summed E-state index contributed by atoms with van der Waals surface area (Å²) in [6, 6.07) is 27.5. The predicted octanol–water partition coefficient (Wildman–Crippen LogP) is 8.81. The van der Waals surface area contributed by atoms with Gasteiger partial charge in [0.25, 0.3) is 0 Å². The van der Waals surface area contributed by atoms with Crippen LogP contribution in [0.1, 0.15) is 57.6 Å². The quantitative estimate of drug-likeness (QED) is 0.179. The van der Waals surface area contributed by atoms with E-state index in [-0.39, 0.29) is 26.8 Å². The standard InChI is InChI=1S/C18H21N2O.C16H17N2O.Pt/c1-4-19-12-20(15-9-5-6-11-17(15)21)18-14(13(2)3)8-7-10-16(18)19;1-11(2)12-6-5-7-13-16(12)18(10-17-13)14-8-3-4-9-15(14)19;/h5-13,21H,4H2,1-3H3;3-11,17,19H,1-2H3;/q2*-1;+2. The Morgan fingerprint density at radius 1 is 0.659 bits per heavy atom. The second kappa shape index (κ2) is 12.9. The maximum atomic E-state index is 10.2. The van der Waals surface area contributed by atoms with Gasteiger partial charge in [0, 0.05) is 22.7 Å². The number of phenols is 2. The Morgan fingerprint density at radius 3 is 1.73 bits per heavy atom. The third-order valence-corrected chi connectivity index (χ3v) is 7.38. The fourth-order valence-electron chi connectivity index (χ4n) is 5.34. The minimum atomic E-state index is 0. The van der Waals surface area contributed by atoms with Crippen molar-refractivity contribution in [2.75, 3.05) is 26.6 Å². The molecular weight excluding hydrogens is 691 g/mol. The van der Waals surface area contributed by atoms with Crippen molar-refractivity contribution < 1.29 is 31.3 Å². The monoisotopic (exact) mass is 729 g/mol. The number of hydrogen-bond acceptors (Lipinski definition) is 6. The molecular formula is C34H38N4O2Pt. The van der Waals surface area contributed by atoms with E-state index in [1.54, 1.807) is 12.1 Å². The van der Waals surface area contributed by atoms with Crippen LogP contribution >= 0.6 is 0 Å². The molecule has 0 atom stereocenters. The Morgan fingerprint density at radius 2 is 1.17 bits per heavy atom. The number of rotatable bonds is 5. The molecule has 4 aromatic rings. The molecule has 0 amide bonds. The van der Waals surface area contributed by atoms with Crippen LogP contribution in [0.4, 0.5) is 34.1 Å². The first kappa shape index (κ1) is 30.3. The van der Waals surface area contributed by atoms with Gasteiger partial charge < -0.3 is 30.2 Å². The number of aromatic hydroxyl groups is 2. The number of para-hydroxylation sites is 6. The first-order valence-electron chi connectivity index (χ1n) is 13.9. The van der Waals surface area contributed by atoms with E-state index in [9.17, 15) is 10.2 Å². The van der Waals surface area contributed by atoms with Crippen molar-refractivity contribution >= 4 is 34.1 Å². The summed E-state index contributed by atoms with van der Waals surface area (Å²) in [6.45, 7) is 15.8. The minimum Gasteiger partial charge on any atom is -0.514 e. The minimum absolute atomic E-state index is 0. The normalized spacial score (nSPS) is 13.4. The van der Waals surface area contributed by atoms with E-state index in [2.05, 4.69) is 92.8 Å². The second-order valence-corrected chi connectivity index (χ2v) is 10.7. The largest absolute Gasteiger partial charge is 2.00 e. The van der Waals surface area contributed by atoms with Gasteiger partial charge in [-0.05, 0) is 72.8 Å². The van der Waals surface area contributed by atoms with Gasteiger partial charge in [0.2, 0.25) is 0 Å². The maximum absolute atomic E-state index is 10.2. The molecule has 0 radical (unpaired) electrons. The molecule has 3 N–H and O–H groups in total. The van der Waals surface area contributed by atoms with Gasteiger partial charge in [-0.2, -0.15) is 6.67 Å². The summed E-state index contributed by atoms with van der Waals surface area (Å²) in [5, 5.41) is 23.5. The zero-order valence-electron chi connectivity index (χ0n) is 24.2. The van der Waals surface area contributed by atoms with E-state index in [1.807, 2.05) is 48.0 Å². The zero-order chi connectivity index (χ0) is 28.4. The van der Waals surface area contributed by atoms with Gasteiger partial charge in [-0.15, -0.1) is 6.67 Å². The Balaban J connectivity index is 0.000000185. The molecule has 0 aliphatic carbocycles. The summed E-state index contributed by atoms with van der Waals surface area (Å²) in [6.07, 6.45) is 0. The van der Waals surface area contributed by atoms with Crippen LogP contribution in [0.15, 0.2) is 84.9 Å². The predicted molar refractivity (Wildman–Crippen MR) is 167 cm³/mol. The van der Waals surface area contributed by atoms with Crippen molar-refractivity contribution in [3.05, 3.63) is 109 Å².